The maximum Gasteiger partial charge on any atom is 0.185 e. The van der Waals surface area contributed by atoms with Crippen molar-refractivity contribution in [2.45, 2.75) is 44.2 Å². The molecular weight excluding hydrogens is 258 g/mol. The van der Waals surface area contributed by atoms with E-state index in [1.165, 1.54) is 25.9 Å². The van der Waals surface area contributed by atoms with Crippen molar-refractivity contribution in [3.05, 3.63) is 10.6 Å². The van der Waals surface area contributed by atoms with Crippen LogP contribution in [0.15, 0.2) is 0 Å². The average molecular weight is 279 g/mol. The Hall–Kier alpha value is -0.650. The summed E-state index contributed by atoms with van der Waals surface area (Å²) in [6.07, 6.45) is 5.57. The lowest BCUT2D eigenvalue weighted by Crippen LogP contribution is -2.47. The molecule has 1 atom stereocenters. The number of fused-ring (bicyclic) bond motifs is 1. The summed E-state index contributed by atoms with van der Waals surface area (Å²) in [5.74, 6) is 0. The van der Waals surface area contributed by atoms with Crippen LogP contribution in [0, 0.1) is 0 Å². The van der Waals surface area contributed by atoms with Gasteiger partial charge in [0.15, 0.2) is 5.13 Å². The molecule has 0 spiro atoms. The fourth-order valence-corrected chi connectivity index (χ4v) is 4.42. The molecular formula is C14H21N3OS. The zero-order valence-corrected chi connectivity index (χ0v) is 12.0. The molecule has 4 rings (SSSR count). The van der Waals surface area contributed by atoms with Gasteiger partial charge in [0.05, 0.1) is 16.7 Å². The minimum atomic E-state index is -0.261. The first-order chi connectivity index (χ1) is 9.31. The van der Waals surface area contributed by atoms with Gasteiger partial charge in [-0.15, -0.1) is 0 Å². The summed E-state index contributed by atoms with van der Waals surface area (Å²) in [5.41, 5.74) is 1.16. The summed E-state index contributed by atoms with van der Waals surface area (Å²) in [7, 11) is 0. The molecule has 3 aliphatic rings. The fraction of sp³-hybridized carbons (Fsp3) is 0.786. The lowest BCUT2D eigenvalue weighted by atomic mass is 10.0. The van der Waals surface area contributed by atoms with E-state index in [9.17, 15) is 5.11 Å². The Kier molecular flexibility index (Phi) is 3.01. The Morgan fingerprint density at radius 3 is 2.58 bits per heavy atom. The summed E-state index contributed by atoms with van der Waals surface area (Å²) in [5, 5.41) is 11.2. The first-order valence-electron chi connectivity index (χ1n) is 7.48. The average Bonchev–Trinajstić information content (AvgIpc) is 3.19. The summed E-state index contributed by atoms with van der Waals surface area (Å²) in [6, 6.07) is 0.883. The van der Waals surface area contributed by atoms with Gasteiger partial charge in [-0.3, -0.25) is 4.90 Å². The van der Waals surface area contributed by atoms with Crippen molar-refractivity contribution in [2.24, 2.45) is 0 Å². The Labute approximate surface area is 118 Å². The van der Waals surface area contributed by atoms with Gasteiger partial charge in [0.1, 0.15) is 0 Å². The number of aliphatic hydroxyl groups is 1. The minimum Gasteiger partial charge on any atom is -0.388 e. The van der Waals surface area contributed by atoms with Gasteiger partial charge in [-0.1, -0.05) is 11.3 Å². The molecule has 0 amide bonds. The highest BCUT2D eigenvalue weighted by Crippen LogP contribution is 2.38. The van der Waals surface area contributed by atoms with Gasteiger partial charge in [0.25, 0.3) is 0 Å². The zero-order valence-electron chi connectivity index (χ0n) is 11.2. The van der Waals surface area contributed by atoms with E-state index >= 15 is 0 Å². The lowest BCUT2D eigenvalue weighted by molar-refractivity contribution is 0.160. The lowest BCUT2D eigenvalue weighted by Gasteiger charge is -2.34. The molecule has 1 saturated heterocycles. The normalized spacial score (nSPS) is 28.5. The molecule has 2 aliphatic carbocycles. The molecule has 1 saturated carbocycles. The number of piperazine rings is 1. The Balaban J connectivity index is 1.47. The summed E-state index contributed by atoms with van der Waals surface area (Å²) >= 11 is 1.72. The first kappa shape index (κ1) is 12.1. The largest absolute Gasteiger partial charge is 0.388 e. The van der Waals surface area contributed by atoms with Crippen LogP contribution in [0.3, 0.4) is 0 Å². The highest BCUT2D eigenvalue weighted by atomic mass is 32.1. The van der Waals surface area contributed by atoms with Gasteiger partial charge in [-0.2, -0.15) is 0 Å². The maximum absolute atomic E-state index is 10.0. The number of aliphatic hydroxyl groups excluding tert-OH is 1. The van der Waals surface area contributed by atoms with Crippen molar-refractivity contribution in [3.63, 3.8) is 0 Å². The van der Waals surface area contributed by atoms with E-state index in [0.29, 0.717) is 0 Å². The monoisotopic (exact) mass is 279 g/mol. The molecule has 0 bridgehead atoms. The molecule has 1 unspecified atom stereocenters. The van der Waals surface area contributed by atoms with E-state index < -0.39 is 0 Å². The number of hydrogen-bond acceptors (Lipinski definition) is 5. The van der Waals surface area contributed by atoms with E-state index in [2.05, 4.69) is 9.80 Å². The van der Waals surface area contributed by atoms with Crippen LogP contribution < -0.4 is 4.90 Å². The van der Waals surface area contributed by atoms with Crippen LogP contribution in [0.5, 0.6) is 0 Å². The third kappa shape index (κ3) is 2.28. The summed E-state index contributed by atoms with van der Waals surface area (Å²) in [4.78, 5) is 10.9. The molecule has 2 heterocycles. The van der Waals surface area contributed by atoms with Crippen LogP contribution >= 0.6 is 11.3 Å². The highest BCUT2D eigenvalue weighted by molar-refractivity contribution is 7.15. The third-order valence-corrected chi connectivity index (χ3v) is 5.82. The molecule has 5 heteroatoms. The quantitative estimate of drug-likeness (QED) is 0.896. The number of thiazole rings is 1. The highest BCUT2D eigenvalue weighted by Gasteiger charge is 2.32. The molecule has 4 nitrogen and oxygen atoms in total. The van der Waals surface area contributed by atoms with Crippen molar-refractivity contribution in [1.82, 2.24) is 9.88 Å². The molecule has 2 fully saturated rings. The van der Waals surface area contributed by atoms with Crippen LogP contribution in [-0.4, -0.2) is 47.2 Å². The van der Waals surface area contributed by atoms with E-state index in [4.69, 9.17) is 4.98 Å². The Morgan fingerprint density at radius 2 is 1.89 bits per heavy atom. The summed E-state index contributed by atoms with van der Waals surface area (Å²) < 4.78 is 0. The number of rotatable bonds is 2. The van der Waals surface area contributed by atoms with E-state index in [1.807, 2.05) is 0 Å². The zero-order chi connectivity index (χ0) is 12.8. The van der Waals surface area contributed by atoms with Crippen molar-refractivity contribution in [2.75, 3.05) is 31.1 Å². The van der Waals surface area contributed by atoms with Crippen molar-refractivity contribution < 1.29 is 5.11 Å². The van der Waals surface area contributed by atoms with Crippen LogP contribution in [0.1, 0.15) is 42.4 Å². The van der Waals surface area contributed by atoms with Crippen LogP contribution in [0.4, 0.5) is 5.13 Å². The van der Waals surface area contributed by atoms with E-state index in [-0.39, 0.29) is 6.10 Å². The molecule has 1 N–H and O–H groups in total. The smallest absolute Gasteiger partial charge is 0.185 e. The third-order valence-electron chi connectivity index (χ3n) is 4.56. The van der Waals surface area contributed by atoms with Crippen LogP contribution in [0.2, 0.25) is 0 Å². The number of nitrogens with zero attached hydrogens (tertiary/aromatic N) is 3. The Morgan fingerprint density at radius 1 is 1.11 bits per heavy atom. The molecule has 1 aromatic rings. The van der Waals surface area contributed by atoms with Crippen LogP contribution in [0.25, 0.3) is 0 Å². The molecule has 1 aromatic heterocycles. The van der Waals surface area contributed by atoms with Gasteiger partial charge in [0.2, 0.25) is 0 Å². The standard InChI is InChI=1S/C14H21N3OS/c18-12-3-1-2-11-13(12)19-14(15-11)17-8-6-16(7-9-17)10-4-5-10/h10,12,18H,1-9H2. The van der Waals surface area contributed by atoms with Gasteiger partial charge < -0.3 is 10.0 Å². The number of anilines is 1. The SMILES string of the molecule is OC1CCCc2nc(N3CCN(C4CC4)CC3)sc21. The second-order valence-electron chi connectivity index (χ2n) is 5.97. The second-order valence-corrected chi connectivity index (χ2v) is 6.98. The van der Waals surface area contributed by atoms with Crippen molar-refractivity contribution in [1.29, 1.82) is 0 Å². The molecule has 19 heavy (non-hydrogen) atoms. The number of aryl methyl sites for hydroxylation is 1. The number of hydrogen-bond donors (Lipinski definition) is 1. The van der Waals surface area contributed by atoms with E-state index in [0.717, 1.165) is 54.1 Å². The molecule has 0 radical (unpaired) electrons. The number of aromatic nitrogens is 1. The summed E-state index contributed by atoms with van der Waals surface area (Å²) in [6.45, 7) is 4.55. The first-order valence-corrected chi connectivity index (χ1v) is 8.29. The van der Waals surface area contributed by atoms with Gasteiger partial charge in [-0.25, -0.2) is 4.98 Å². The molecule has 0 aromatic carbocycles. The molecule has 1 aliphatic heterocycles. The van der Waals surface area contributed by atoms with Gasteiger partial charge in [0, 0.05) is 32.2 Å². The Bertz CT molecular complexity index is 463. The van der Waals surface area contributed by atoms with Crippen LogP contribution in [-0.2, 0) is 6.42 Å². The predicted molar refractivity (Wildman–Crippen MR) is 76.8 cm³/mol. The van der Waals surface area contributed by atoms with Gasteiger partial charge >= 0.3 is 0 Å². The van der Waals surface area contributed by atoms with E-state index in [1.54, 1.807) is 11.3 Å². The maximum atomic E-state index is 10.0. The topological polar surface area (TPSA) is 39.6 Å². The second kappa shape index (κ2) is 4.72. The predicted octanol–water partition coefficient (Wildman–Crippen LogP) is 1.80. The fourth-order valence-electron chi connectivity index (χ4n) is 3.24. The van der Waals surface area contributed by atoms with Crippen molar-refractivity contribution in [3.8, 4) is 0 Å². The van der Waals surface area contributed by atoms with Crippen molar-refractivity contribution >= 4 is 16.5 Å². The molecule has 104 valence electrons. The minimum absolute atomic E-state index is 0.261. The van der Waals surface area contributed by atoms with Gasteiger partial charge in [-0.05, 0) is 32.1 Å².